The summed E-state index contributed by atoms with van der Waals surface area (Å²) in [7, 11) is 0. The van der Waals surface area contributed by atoms with Crippen molar-refractivity contribution < 1.29 is 14.4 Å². The van der Waals surface area contributed by atoms with E-state index in [1.165, 1.54) is 5.56 Å². The molecule has 0 radical (unpaired) electrons. The number of benzene rings is 1. The second-order valence-corrected chi connectivity index (χ2v) is 8.11. The van der Waals surface area contributed by atoms with Gasteiger partial charge in [0.25, 0.3) is 5.91 Å². The van der Waals surface area contributed by atoms with Gasteiger partial charge in [-0.2, -0.15) is 0 Å². The fraction of sp³-hybridized carbons (Fsp3) is 0.591. The molecule has 1 aromatic rings. The lowest BCUT2D eigenvalue weighted by molar-refractivity contribution is -0.132. The molecule has 0 unspecified atom stereocenters. The minimum absolute atomic E-state index is 0.188. The van der Waals surface area contributed by atoms with Crippen molar-refractivity contribution in [2.24, 2.45) is 5.92 Å². The molecule has 1 aromatic carbocycles. The highest BCUT2D eigenvalue weighted by Gasteiger charge is 2.52. The van der Waals surface area contributed by atoms with E-state index < -0.39 is 11.6 Å². The number of carbonyl (C=O) groups excluding carboxylic acids is 3. The third-order valence-electron chi connectivity index (χ3n) is 6.50. The molecule has 1 heterocycles. The number of amides is 3. The van der Waals surface area contributed by atoms with Crippen molar-refractivity contribution in [3.63, 3.8) is 0 Å². The van der Waals surface area contributed by atoms with Crippen LogP contribution in [0.15, 0.2) is 24.3 Å². The average Bonchev–Trinajstić information content (AvgIpc) is 2.92. The largest absolute Gasteiger partial charge is 0.325 e. The van der Waals surface area contributed by atoms with Crippen LogP contribution in [0.5, 0.6) is 0 Å². The first-order chi connectivity index (χ1) is 12.9. The third kappa shape index (κ3) is 3.78. The lowest BCUT2D eigenvalue weighted by Gasteiger charge is -2.34. The molecule has 0 bridgehead atoms. The zero-order chi connectivity index (χ0) is 19.6. The lowest BCUT2D eigenvalue weighted by atomic mass is 9.75. The van der Waals surface area contributed by atoms with Gasteiger partial charge in [0, 0.05) is 5.56 Å². The Morgan fingerprint density at radius 1 is 1.19 bits per heavy atom. The molecule has 2 aliphatic rings. The maximum Gasteiger partial charge on any atom is 0.325 e. The van der Waals surface area contributed by atoms with E-state index in [9.17, 15) is 14.4 Å². The fourth-order valence-electron chi connectivity index (χ4n) is 4.21. The van der Waals surface area contributed by atoms with E-state index in [0.717, 1.165) is 30.6 Å². The quantitative estimate of drug-likeness (QED) is 0.600. The average molecular weight is 370 g/mol. The topological polar surface area (TPSA) is 66.5 Å². The van der Waals surface area contributed by atoms with Gasteiger partial charge in [-0.05, 0) is 49.5 Å². The van der Waals surface area contributed by atoms with Crippen LogP contribution in [0.2, 0.25) is 0 Å². The number of ketones is 1. The Labute approximate surface area is 161 Å². The van der Waals surface area contributed by atoms with E-state index in [-0.39, 0.29) is 18.2 Å². The smallest absolute Gasteiger partial charge is 0.323 e. The number of nitrogens with zero attached hydrogens (tertiary/aromatic N) is 1. The molecule has 1 spiro atoms. The molecule has 1 aliphatic heterocycles. The Balaban J connectivity index is 1.67. The summed E-state index contributed by atoms with van der Waals surface area (Å²) in [5, 5.41) is 2.89. The summed E-state index contributed by atoms with van der Waals surface area (Å²) in [4.78, 5) is 39.1. The van der Waals surface area contributed by atoms with E-state index >= 15 is 0 Å². The fourth-order valence-corrected chi connectivity index (χ4v) is 4.21. The normalized spacial score (nSPS) is 26.3. The summed E-state index contributed by atoms with van der Waals surface area (Å²) >= 11 is 0. The van der Waals surface area contributed by atoms with E-state index in [1.54, 1.807) is 12.1 Å². The summed E-state index contributed by atoms with van der Waals surface area (Å²) in [6.45, 7) is 6.25. The summed E-state index contributed by atoms with van der Waals surface area (Å²) < 4.78 is 0. The molecule has 2 fully saturated rings. The molecule has 1 atom stereocenters. The predicted molar refractivity (Wildman–Crippen MR) is 105 cm³/mol. The summed E-state index contributed by atoms with van der Waals surface area (Å²) in [5.41, 5.74) is 0.942. The van der Waals surface area contributed by atoms with Crippen molar-refractivity contribution >= 4 is 17.7 Å². The Bertz CT molecular complexity index is 718. The molecule has 1 saturated heterocycles. The molecule has 1 saturated carbocycles. The number of urea groups is 1. The van der Waals surface area contributed by atoms with Gasteiger partial charge in [0.2, 0.25) is 0 Å². The maximum atomic E-state index is 12.9. The minimum atomic E-state index is -0.788. The molecular formula is C22H30N2O3. The van der Waals surface area contributed by atoms with Crippen LogP contribution in [-0.4, -0.2) is 34.7 Å². The van der Waals surface area contributed by atoms with Gasteiger partial charge in [-0.1, -0.05) is 51.5 Å². The number of imide groups is 1. The van der Waals surface area contributed by atoms with Gasteiger partial charge in [-0.25, -0.2) is 4.79 Å². The molecule has 0 aromatic heterocycles. The van der Waals surface area contributed by atoms with Gasteiger partial charge < -0.3 is 5.32 Å². The number of hydrogen-bond donors (Lipinski definition) is 1. The van der Waals surface area contributed by atoms with Crippen LogP contribution in [0.25, 0.3) is 0 Å². The monoisotopic (exact) mass is 370 g/mol. The highest BCUT2D eigenvalue weighted by atomic mass is 16.2. The molecule has 1 N–H and O–H groups in total. The van der Waals surface area contributed by atoms with E-state index in [1.807, 2.05) is 12.1 Å². The van der Waals surface area contributed by atoms with Crippen LogP contribution in [0.1, 0.15) is 81.1 Å². The van der Waals surface area contributed by atoms with Crippen molar-refractivity contribution in [2.45, 2.75) is 70.8 Å². The SMILES string of the molecule is CCC1CCC2(CC1)NC(=O)N(CC(=O)c1ccc([C@H](C)CC)cc1)C2=O. The van der Waals surface area contributed by atoms with Crippen molar-refractivity contribution in [1.29, 1.82) is 0 Å². The summed E-state index contributed by atoms with van der Waals surface area (Å²) in [6.07, 6.45) is 5.38. The lowest BCUT2D eigenvalue weighted by Crippen LogP contribution is -2.49. The number of Topliss-reactive ketones (excluding diaryl/α,β-unsaturated/α-hetero) is 1. The van der Waals surface area contributed by atoms with E-state index in [4.69, 9.17) is 0 Å². The van der Waals surface area contributed by atoms with Crippen LogP contribution >= 0.6 is 0 Å². The Morgan fingerprint density at radius 3 is 2.37 bits per heavy atom. The zero-order valence-electron chi connectivity index (χ0n) is 16.6. The van der Waals surface area contributed by atoms with Crippen LogP contribution in [0, 0.1) is 5.92 Å². The molecule has 1 aliphatic carbocycles. The Morgan fingerprint density at radius 2 is 1.81 bits per heavy atom. The molecule has 3 amide bonds. The molecular weight excluding hydrogens is 340 g/mol. The summed E-state index contributed by atoms with van der Waals surface area (Å²) in [5.74, 6) is 0.637. The molecule has 146 valence electrons. The molecule has 5 heteroatoms. The van der Waals surface area contributed by atoms with Crippen LogP contribution in [-0.2, 0) is 4.79 Å². The number of carbonyl (C=O) groups is 3. The standard InChI is InChI=1S/C22H30N2O3/c1-4-15(3)17-6-8-18(9-7-17)19(25)14-24-20(26)22(23-21(24)27)12-10-16(5-2)11-13-22/h6-9,15-16H,4-5,10-14H2,1-3H3,(H,23,27)/t15-,16?,22?/m1/s1. The molecule has 5 nitrogen and oxygen atoms in total. The number of hydrogen-bond acceptors (Lipinski definition) is 3. The zero-order valence-corrected chi connectivity index (χ0v) is 16.6. The van der Waals surface area contributed by atoms with Gasteiger partial charge >= 0.3 is 6.03 Å². The highest BCUT2D eigenvalue weighted by Crippen LogP contribution is 2.37. The highest BCUT2D eigenvalue weighted by molar-refractivity contribution is 6.11. The predicted octanol–water partition coefficient (Wildman–Crippen LogP) is 4.27. The van der Waals surface area contributed by atoms with Gasteiger partial charge in [0.1, 0.15) is 5.54 Å². The number of rotatable bonds is 6. The Kier molecular flexibility index (Phi) is 5.68. The molecule has 3 rings (SSSR count). The second kappa shape index (κ2) is 7.83. The first kappa shape index (κ1) is 19.6. The van der Waals surface area contributed by atoms with Gasteiger partial charge in [-0.3, -0.25) is 14.5 Å². The van der Waals surface area contributed by atoms with Crippen molar-refractivity contribution in [3.8, 4) is 0 Å². The van der Waals surface area contributed by atoms with Crippen molar-refractivity contribution in [1.82, 2.24) is 10.2 Å². The van der Waals surface area contributed by atoms with Crippen molar-refractivity contribution in [3.05, 3.63) is 35.4 Å². The van der Waals surface area contributed by atoms with Crippen LogP contribution in [0.4, 0.5) is 4.79 Å². The van der Waals surface area contributed by atoms with Gasteiger partial charge in [-0.15, -0.1) is 0 Å². The summed E-state index contributed by atoms with van der Waals surface area (Å²) in [6, 6.07) is 7.08. The maximum absolute atomic E-state index is 12.9. The minimum Gasteiger partial charge on any atom is -0.323 e. The second-order valence-electron chi connectivity index (χ2n) is 8.11. The van der Waals surface area contributed by atoms with Gasteiger partial charge in [0.05, 0.1) is 6.54 Å². The first-order valence-corrected chi connectivity index (χ1v) is 10.2. The first-order valence-electron chi connectivity index (χ1n) is 10.2. The van der Waals surface area contributed by atoms with Crippen LogP contribution in [0.3, 0.4) is 0 Å². The van der Waals surface area contributed by atoms with E-state index in [0.29, 0.717) is 30.2 Å². The Hall–Kier alpha value is -2.17. The molecule has 27 heavy (non-hydrogen) atoms. The third-order valence-corrected chi connectivity index (χ3v) is 6.50. The number of nitrogens with one attached hydrogen (secondary N) is 1. The van der Waals surface area contributed by atoms with Crippen molar-refractivity contribution in [2.75, 3.05) is 6.54 Å². The van der Waals surface area contributed by atoms with Gasteiger partial charge in [0.15, 0.2) is 5.78 Å². The van der Waals surface area contributed by atoms with Crippen LogP contribution < -0.4 is 5.32 Å². The van der Waals surface area contributed by atoms with E-state index in [2.05, 4.69) is 26.1 Å².